The van der Waals surface area contributed by atoms with Crippen molar-refractivity contribution in [3.05, 3.63) is 76.5 Å². The van der Waals surface area contributed by atoms with E-state index in [1.165, 1.54) is 4.90 Å². The lowest BCUT2D eigenvalue weighted by molar-refractivity contribution is -0.119. The average Bonchev–Trinajstić information content (AvgIpc) is 3.29. The molecule has 7 heteroatoms. The van der Waals surface area contributed by atoms with Crippen LogP contribution < -0.4 is 19.7 Å². The Balaban J connectivity index is 1.54. The summed E-state index contributed by atoms with van der Waals surface area (Å²) < 4.78 is 11.1. The molecule has 0 aliphatic carbocycles. The van der Waals surface area contributed by atoms with Crippen LogP contribution in [0.3, 0.4) is 0 Å². The number of carbonyl (C=O) groups excluding carboxylic acids is 2. The number of carbonyl (C=O) groups is 2. The molecule has 0 spiro atoms. The summed E-state index contributed by atoms with van der Waals surface area (Å²) in [5, 5.41) is 4.84. The zero-order chi connectivity index (χ0) is 20.1. The molecule has 0 saturated carbocycles. The van der Waals surface area contributed by atoms with Gasteiger partial charge >= 0.3 is 0 Å². The SMILES string of the molecule is O=C(CN(C(=O)c1ccc2c(c1)OCCO2)c1ccccc1)NCc1cccs1. The fraction of sp³-hybridized carbons (Fsp3) is 0.182. The lowest BCUT2D eigenvalue weighted by Gasteiger charge is -2.24. The van der Waals surface area contributed by atoms with Crippen molar-refractivity contribution >= 4 is 28.8 Å². The Bertz CT molecular complexity index is 989. The zero-order valence-corrected chi connectivity index (χ0v) is 16.5. The number of thiophene rings is 1. The maximum absolute atomic E-state index is 13.3. The minimum atomic E-state index is -0.278. The molecule has 2 amide bonds. The molecule has 3 aromatic rings. The molecule has 0 unspecified atom stereocenters. The molecule has 1 N–H and O–H groups in total. The number of anilines is 1. The van der Waals surface area contributed by atoms with Gasteiger partial charge in [-0.1, -0.05) is 24.3 Å². The fourth-order valence-electron chi connectivity index (χ4n) is 3.02. The van der Waals surface area contributed by atoms with Crippen LogP contribution in [-0.4, -0.2) is 31.6 Å². The maximum atomic E-state index is 13.3. The summed E-state index contributed by atoms with van der Waals surface area (Å²) in [6.45, 7) is 1.29. The summed E-state index contributed by atoms with van der Waals surface area (Å²) in [6.07, 6.45) is 0. The molecule has 2 heterocycles. The summed E-state index contributed by atoms with van der Waals surface area (Å²) in [4.78, 5) is 28.3. The predicted molar refractivity (Wildman–Crippen MR) is 112 cm³/mol. The molecule has 1 aliphatic heterocycles. The molecular formula is C22H20N2O4S. The third kappa shape index (κ3) is 4.57. The first-order valence-corrected chi connectivity index (χ1v) is 10.1. The Labute approximate surface area is 172 Å². The number of amides is 2. The molecule has 4 rings (SSSR count). The highest BCUT2D eigenvalue weighted by Gasteiger charge is 2.23. The summed E-state index contributed by atoms with van der Waals surface area (Å²) >= 11 is 1.58. The fourth-order valence-corrected chi connectivity index (χ4v) is 3.66. The first kappa shape index (κ1) is 19.0. The highest BCUT2D eigenvalue weighted by Crippen LogP contribution is 2.31. The van der Waals surface area contributed by atoms with Crippen molar-refractivity contribution < 1.29 is 19.1 Å². The van der Waals surface area contributed by atoms with Crippen molar-refractivity contribution in [2.24, 2.45) is 0 Å². The van der Waals surface area contributed by atoms with Gasteiger partial charge in [0, 0.05) is 16.1 Å². The van der Waals surface area contributed by atoms with Crippen LogP contribution in [-0.2, 0) is 11.3 Å². The van der Waals surface area contributed by atoms with Crippen molar-refractivity contribution in [3.8, 4) is 11.5 Å². The number of rotatable bonds is 6. The van der Waals surface area contributed by atoms with Gasteiger partial charge in [0.25, 0.3) is 5.91 Å². The van der Waals surface area contributed by atoms with Gasteiger partial charge in [-0.25, -0.2) is 0 Å². The molecule has 148 valence electrons. The van der Waals surface area contributed by atoms with E-state index in [0.29, 0.717) is 42.5 Å². The van der Waals surface area contributed by atoms with E-state index in [0.717, 1.165) is 4.88 Å². The van der Waals surface area contributed by atoms with Crippen molar-refractivity contribution in [2.75, 3.05) is 24.7 Å². The number of para-hydroxylation sites is 1. The van der Waals surface area contributed by atoms with Crippen LogP contribution in [0.25, 0.3) is 0 Å². The number of hydrogen-bond acceptors (Lipinski definition) is 5. The van der Waals surface area contributed by atoms with Crippen LogP contribution in [0.1, 0.15) is 15.2 Å². The first-order chi connectivity index (χ1) is 14.2. The van der Waals surface area contributed by atoms with E-state index in [1.54, 1.807) is 29.5 Å². The Morgan fingerprint density at radius 3 is 2.52 bits per heavy atom. The van der Waals surface area contributed by atoms with Crippen molar-refractivity contribution in [3.63, 3.8) is 0 Å². The van der Waals surface area contributed by atoms with Crippen molar-refractivity contribution in [2.45, 2.75) is 6.54 Å². The van der Waals surface area contributed by atoms with Crippen LogP contribution >= 0.6 is 11.3 Å². The van der Waals surface area contributed by atoms with Gasteiger partial charge in [0.2, 0.25) is 5.91 Å². The predicted octanol–water partition coefficient (Wildman–Crippen LogP) is 3.48. The monoisotopic (exact) mass is 408 g/mol. The quantitative estimate of drug-likeness (QED) is 0.678. The molecule has 0 saturated heterocycles. The minimum Gasteiger partial charge on any atom is -0.486 e. The standard InChI is InChI=1S/C22H20N2O4S/c25-21(23-14-18-7-4-12-29-18)15-24(17-5-2-1-3-6-17)22(26)16-8-9-19-20(13-16)28-11-10-27-19/h1-9,12-13H,10-11,14-15H2,(H,23,25). The third-order valence-electron chi connectivity index (χ3n) is 4.44. The zero-order valence-electron chi connectivity index (χ0n) is 15.7. The van der Waals surface area contributed by atoms with E-state index >= 15 is 0 Å². The van der Waals surface area contributed by atoms with Gasteiger partial charge < -0.3 is 14.8 Å². The Kier molecular flexibility index (Phi) is 5.76. The lowest BCUT2D eigenvalue weighted by atomic mass is 10.1. The van der Waals surface area contributed by atoms with Gasteiger partial charge in [-0.05, 0) is 41.8 Å². The second-order valence-corrected chi connectivity index (χ2v) is 7.47. The molecule has 2 aromatic carbocycles. The van der Waals surface area contributed by atoms with Crippen molar-refractivity contribution in [1.29, 1.82) is 0 Å². The molecular weight excluding hydrogens is 388 g/mol. The second-order valence-electron chi connectivity index (χ2n) is 6.44. The number of nitrogens with one attached hydrogen (secondary N) is 1. The minimum absolute atomic E-state index is 0.0807. The van der Waals surface area contributed by atoms with Gasteiger partial charge in [-0.3, -0.25) is 14.5 Å². The lowest BCUT2D eigenvalue weighted by Crippen LogP contribution is -2.40. The molecule has 0 fully saturated rings. The molecule has 1 aliphatic rings. The molecule has 0 bridgehead atoms. The summed E-state index contributed by atoms with van der Waals surface area (Å²) in [5.41, 5.74) is 1.09. The van der Waals surface area contributed by atoms with Gasteiger partial charge in [0.15, 0.2) is 11.5 Å². The smallest absolute Gasteiger partial charge is 0.258 e. The average molecular weight is 408 g/mol. The number of fused-ring (bicyclic) bond motifs is 1. The molecule has 0 radical (unpaired) electrons. The van der Waals surface area contributed by atoms with E-state index in [9.17, 15) is 9.59 Å². The van der Waals surface area contributed by atoms with E-state index in [2.05, 4.69) is 5.32 Å². The summed E-state index contributed by atoms with van der Waals surface area (Å²) in [7, 11) is 0. The van der Waals surface area contributed by atoms with Crippen LogP contribution in [0.15, 0.2) is 66.0 Å². The third-order valence-corrected chi connectivity index (χ3v) is 5.32. The van der Waals surface area contributed by atoms with Crippen LogP contribution in [0.5, 0.6) is 11.5 Å². The van der Waals surface area contributed by atoms with Gasteiger partial charge in [-0.15, -0.1) is 11.3 Å². The molecule has 1 aromatic heterocycles. The first-order valence-electron chi connectivity index (χ1n) is 9.26. The topological polar surface area (TPSA) is 67.9 Å². The molecule has 29 heavy (non-hydrogen) atoms. The maximum Gasteiger partial charge on any atom is 0.258 e. The number of benzene rings is 2. The van der Waals surface area contributed by atoms with Crippen LogP contribution in [0.2, 0.25) is 0 Å². The van der Waals surface area contributed by atoms with Crippen LogP contribution in [0, 0.1) is 0 Å². The Morgan fingerprint density at radius 2 is 1.76 bits per heavy atom. The van der Waals surface area contributed by atoms with E-state index in [-0.39, 0.29) is 18.4 Å². The molecule has 0 atom stereocenters. The highest BCUT2D eigenvalue weighted by atomic mass is 32.1. The van der Waals surface area contributed by atoms with Crippen LogP contribution in [0.4, 0.5) is 5.69 Å². The number of ether oxygens (including phenoxy) is 2. The second kappa shape index (κ2) is 8.79. The van der Waals surface area contributed by atoms with Gasteiger partial charge in [0.05, 0.1) is 6.54 Å². The Morgan fingerprint density at radius 1 is 0.966 bits per heavy atom. The summed E-state index contributed by atoms with van der Waals surface area (Å²) in [6, 6.07) is 18.1. The van der Waals surface area contributed by atoms with Crippen molar-refractivity contribution in [1.82, 2.24) is 5.32 Å². The Hall–Kier alpha value is -3.32. The van der Waals surface area contributed by atoms with Gasteiger partial charge in [-0.2, -0.15) is 0 Å². The van der Waals surface area contributed by atoms with E-state index < -0.39 is 0 Å². The number of nitrogens with zero attached hydrogens (tertiary/aromatic N) is 1. The number of hydrogen-bond donors (Lipinski definition) is 1. The molecule has 6 nitrogen and oxygen atoms in total. The normalized spacial score (nSPS) is 12.3. The van der Waals surface area contributed by atoms with Gasteiger partial charge in [0.1, 0.15) is 19.8 Å². The highest BCUT2D eigenvalue weighted by molar-refractivity contribution is 7.09. The van der Waals surface area contributed by atoms with E-state index in [1.807, 2.05) is 47.8 Å². The summed E-state index contributed by atoms with van der Waals surface area (Å²) in [5.74, 6) is 0.651. The van der Waals surface area contributed by atoms with E-state index in [4.69, 9.17) is 9.47 Å². The largest absolute Gasteiger partial charge is 0.486 e.